The first-order valence-corrected chi connectivity index (χ1v) is 6.54. The van der Waals surface area contributed by atoms with Gasteiger partial charge < -0.3 is 16.8 Å². The molecule has 0 heterocycles. The Morgan fingerprint density at radius 1 is 0.947 bits per heavy atom. The van der Waals surface area contributed by atoms with E-state index in [0.717, 1.165) is 12.2 Å². The van der Waals surface area contributed by atoms with Crippen LogP contribution in [0.3, 0.4) is 0 Å². The highest BCUT2D eigenvalue weighted by Gasteiger charge is 2.00. The van der Waals surface area contributed by atoms with Gasteiger partial charge in [0.15, 0.2) is 0 Å². The van der Waals surface area contributed by atoms with E-state index in [9.17, 15) is 0 Å². The summed E-state index contributed by atoms with van der Waals surface area (Å²) in [5.41, 5.74) is 16.3. The molecule has 0 aromatic heterocycles. The topological polar surface area (TPSA) is 64.1 Å². The predicted octanol–water partition coefficient (Wildman–Crippen LogP) is 3.59. The van der Waals surface area contributed by atoms with Crippen molar-refractivity contribution in [1.82, 2.24) is 0 Å². The molecule has 0 aliphatic rings. The first-order chi connectivity index (χ1) is 9.06. The van der Waals surface area contributed by atoms with E-state index in [2.05, 4.69) is 43.4 Å². The smallest absolute Gasteiger partial charge is 0.0568 e. The molecule has 3 heteroatoms. The van der Waals surface area contributed by atoms with Crippen LogP contribution in [0.25, 0.3) is 0 Å². The highest BCUT2D eigenvalue weighted by atomic mass is 14.9. The molecule has 0 radical (unpaired) electrons. The molecule has 0 amide bonds. The normalized spacial score (nSPS) is 10.7. The van der Waals surface area contributed by atoms with Crippen LogP contribution in [0.5, 0.6) is 0 Å². The summed E-state index contributed by atoms with van der Waals surface area (Å²) in [5, 5.41) is 3.34. The fourth-order valence-corrected chi connectivity index (χ4v) is 1.91. The van der Waals surface area contributed by atoms with E-state index in [1.807, 2.05) is 18.2 Å². The Kier molecular flexibility index (Phi) is 3.95. The van der Waals surface area contributed by atoms with Crippen LogP contribution in [0, 0.1) is 0 Å². The van der Waals surface area contributed by atoms with Crippen LogP contribution in [0.2, 0.25) is 0 Å². The molecule has 0 spiro atoms. The molecule has 0 fully saturated rings. The van der Waals surface area contributed by atoms with E-state index in [-0.39, 0.29) is 0 Å². The number of nitrogens with one attached hydrogen (secondary N) is 1. The molecular formula is C16H21N3. The van der Waals surface area contributed by atoms with Crippen molar-refractivity contribution in [1.29, 1.82) is 0 Å². The minimum atomic E-state index is 0.568. The monoisotopic (exact) mass is 255 g/mol. The number of hydrogen-bond donors (Lipinski definition) is 3. The summed E-state index contributed by atoms with van der Waals surface area (Å²) < 4.78 is 0. The third-order valence-electron chi connectivity index (χ3n) is 3.23. The van der Waals surface area contributed by atoms with E-state index >= 15 is 0 Å². The van der Waals surface area contributed by atoms with E-state index in [1.54, 1.807) is 0 Å². The Balaban J connectivity index is 2.00. The van der Waals surface area contributed by atoms with Crippen molar-refractivity contribution < 1.29 is 0 Å². The van der Waals surface area contributed by atoms with E-state index in [0.29, 0.717) is 17.3 Å². The van der Waals surface area contributed by atoms with Crippen molar-refractivity contribution >= 4 is 17.1 Å². The maximum Gasteiger partial charge on any atom is 0.0568 e. The molecule has 19 heavy (non-hydrogen) atoms. The lowest BCUT2D eigenvalue weighted by Gasteiger charge is -2.10. The van der Waals surface area contributed by atoms with E-state index in [4.69, 9.17) is 11.5 Å². The Labute approximate surface area is 114 Å². The second kappa shape index (κ2) is 5.65. The van der Waals surface area contributed by atoms with Gasteiger partial charge in [-0.25, -0.2) is 0 Å². The first kappa shape index (κ1) is 13.3. The second-order valence-corrected chi connectivity index (χ2v) is 5.09. The van der Waals surface area contributed by atoms with Gasteiger partial charge in [-0.15, -0.1) is 0 Å². The lowest BCUT2D eigenvalue weighted by atomic mass is 10.0. The van der Waals surface area contributed by atoms with Crippen molar-refractivity contribution in [3.8, 4) is 0 Å². The van der Waals surface area contributed by atoms with Gasteiger partial charge in [-0.2, -0.15) is 0 Å². The van der Waals surface area contributed by atoms with Gasteiger partial charge in [0.1, 0.15) is 0 Å². The van der Waals surface area contributed by atoms with Gasteiger partial charge in [-0.3, -0.25) is 0 Å². The summed E-state index contributed by atoms with van der Waals surface area (Å²) in [4.78, 5) is 0. The zero-order valence-electron chi connectivity index (χ0n) is 11.5. The standard InChI is InChI=1S/C16H21N3/c1-11(2)13-5-3-12(4-6-13)10-19-14-7-8-15(17)16(18)9-14/h3-9,11,19H,10,17-18H2,1-2H3. The second-order valence-electron chi connectivity index (χ2n) is 5.09. The quantitative estimate of drug-likeness (QED) is 0.732. The number of hydrogen-bond acceptors (Lipinski definition) is 3. The van der Waals surface area contributed by atoms with Crippen LogP contribution in [0.4, 0.5) is 17.1 Å². The summed E-state index contributed by atoms with van der Waals surface area (Å²) in [6.45, 7) is 5.18. The Morgan fingerprint density at radius 3 is 2.21 bits per heavy atom. The van der Waals surface area contributed by atoms with Crippen LogP contribution in [0.1, 0.15) is 30.9 Å². The molecule has 0 saturated heterocycles. The van der Waals surface area contributed by atoms with E-state index in [1.165, 1.54) is 11.1 Å². The molecule has 0 aliphatic heterocycles. The molecule has 0 atom stereocenters. The number of benzene rings is 2. The summed E-state index contributed by atoms with van der Waals surface area (Å²) >= 11 is 0. The maximum absolute atomic E-state index is 5.78. The van der Waals surface area contributed by atoms with Crippen LogP contribution >= 0.6 is 0 Å². The van der Waals surface area contributed by atoms with Crippen LogP contribution in [-0.2, 0) is 6.54 Å². The molecular weight excluding hydrogens is 234 g/mol. The molecule has 2 aromatic rings. The van der Waals surface area contributed by atoms with Crippen LogP contribution in [0.15, 0.2) is 42.5 Å². The number of nitrogens with two attached hydrogens (primary N) is 2. The van der Waals surface area contributed by atoms with Gasteiger partial charge in [0, 0.05) is 12.2 Å². The largest absolute Gasteiger partial charge is 0.397 e. The maximum atomic E-state index is 5.78. The molecule has 0 unspecified atom stereocenters. The van der Waals surface area contributed by atoms with Crippen molar-refractivity contribution in [2.75, 3.05) is 16.8 Å². The van der Waals surface area contributed by atoms with Crippen molar-refractivity contribution in [3.63, 3.8) is 0 Å². The third kappa shape index (κ3) is 3.41. The SMILES string of the molecule is CC(C)c1ccc(CNc2ccc(N)c(N)c2)cc1. The highest BCUT2D eigenvalue weighted by Crippen LogP contribution is 2.20. The van der Waals surface area contributed by atoms with Gasteiger partial charge in [0.05, 0.1) is 11.4 Å². The zero-order valence-corrected chi connectivity index (χ0v) is 11.5. The molecule has 5 N–H and O–H groups in total. The predicted molar refractivity (Wildman–Crippen MR) is 83.1 cm³/mol. The van der Waals surface area contributed by atoms with Gasteiger partial charge in [0.2, 0.25) is 0 Å². The number of nitrogen functional groups attached to an aromatic ring is 2. The molecule has 0 saturated carbocycles. The fourth-order valence-electron chi connectivity index (χ4n) is 1.91. The van der Waals surface area contributed by atoms with Gasteiger partial charge >= 0.3 is 0 Å². The molecule has 2 aromatic carbocycles. The highest BCUT2D eigenvalue weighted by molar-refractivity contribution is 5.69. The fraction of sp³-hybridized carbons (Fsp3) is 0.250. The van der Waals surface area contributed by atoms with E-state index < -0.39 is 0 Å². The number of anilines is 3. The molecule has 2 rings (SSSR count). The minimum absolute atomic E-state index is 0.568. The zero-order chi connectivity index (χ0) is 13.8. The van der Waals surface area contributed by atoms with Crippen molar-refractivity contribution in [2.45, 2.75) is 26.3 Å². The molecule has 100 valence electrons. The summed E-state index contributed by atoms with van der Waals surface area (Å²) in [5.74, 6) is 0.568. The minimum Gasteiger partial charge on any atom is -0.397 e. The summed E-state index contributed by atoms with van der Waals surface area (Å²) in [6, 6.07) is 14.3. The molecule has 0 aliphatic carbocycles. The third-order valence-corrected chi connectivity index (χ3v) is 3.23. The van der Waals surface area contributed by atoms with Gasteiger partial charge in [0.25, 0.3) is 0 Å². The summed E-state index contributed by atoms with van der Waals surface area (Å²) in [7, 11) is 0. The van der Waals surface area contributed by atoms with Gasteiger partial charge in [-0.1, -0.05) is 38.1 Å². The Bertz CT molecular complexity index is 544. The van der Waals surface area contributed by atoms with Crippen LogP contribution < -0.4 is 16.8 Å². The Morgan fingerprint density at radius 2 is 1.63 bits per heavy atom. The van der Waals surface area contributed by atoms with Crippen molar-refractivity contribution in [2.24, 2.45) is 0 Å². The lowest BCUT2D eigenvalue weighted by molar-refractivity contribution is 0.865. The van der Waals surface area contributed by atoms with Crippen LogP contribution in [-0.4, -0.2) is 0 Å². The average Bonchev–Trinajstić information content (AvgIpc) is 2.40. The summed E-state index contributed by atoms with van der Waals surface area (Å²) in [6.07, 6.45) is 0. The molecule has 3 nitrogen and oxygen atoms in total. The molecule has 0 bridgehead atoms. The number of rotatable bonds is 4. The average molecular weight is 255 g/mol. The Hall–Kier alpha value is -2.16. The van der Waals surface area contributed by atoms with Crippen molar-refractivity contribution in [3.05, 3.63) is 53.6 Å². The van der Waals surface area contributed by atoms with Gasteiger partial charge in [-0.05, 0) is 35.2 Å². The first-order valence-electron chi connectivity index (χ1n) is 6.54. The lowest BCUT2D eigenvalue weighted by Crippen LogP contribution is -2.01.